The molecule has 0 aromatic heterocycles. The molecule has 4 heteroatoms. The molecule has 78 valence electrons. The third-order valence-electron chi connectivity index (χ3n) is 2.48. The zero-order valence-corrected chi connectivity index (χ0v) is 8.86. The maximum Gasteiger partial charge on any atom is 0.209 e. The van der Waals surface area contributed by atoms with Crippen LogP contribution >= 0.6 is 0 Å². The topological polar surface area (TPSA) is 47.3 Å². The third kappa shape index (κ3) is 3.00. The van der Waals surface area contributed by atoms with Crippen LogP contribution < -0.4 is 0 Å². The summed E-state index contributed by atoms with van der Waals surface area (Å²) < 4.78 is 0. The number of rotatable bonds is 3. The fourth-order valence-corrected chi connectivity index (χ4v) is 1.62. The molecule has 1 amide bonds. The summed E-state index contributed by atoms with van der Waals surface area (Å²) in [6.07, 6.45) is 0.896. The van der Waals surface area contributed by atoms with Crippen molar-refractivity contribution >= 4 is 6.41 Å². The Balaban J connectivity index is 2.36. The molecule has 1 rings (SSSR count). The van der Waals surface area contributed by atoms with Crippen LogP contribution in [0.25, 0.3) is 0 Å². The number of piperazine rings is 1. The van der Waals surface area contributed by atoms with Crippen molar-refractivity contribution in [3.05, 3.63) is 0 Å². The van der Waals surface area contributed by atoms with E-state index in [1.165, 1.54) is 0 Å². The lowest BCUT2D eigenvalue weighted by molar-refractivity contribution is -0.119. The highest BCUT2D eigenvalue weighted by atomic mass is 16.1. The lowest BCUT2D eigenvalue weighted by Gasteiger charge is -2.35. The number of nitriles is 1. The van der Waals surface area contributed by atoms with E-state index in [4.69, 9.17) is 5.26 Å². The lowest BCUT2D eigenvalue weighted by atomic mass is 9.95. The summed E-state index contributed by atoms with van der Waals surface area (Å²) in [5.74, 6) is 0. The molecule has 0 unspecified atom stereocenters. The van der Waals surface area contributed by atoms with Gasteiger partial charge in [-0.15, -0.1) is 0 Å². The maximum absolute atomic E-state index is 10.5. The summed E-state index contributed by atoms with van der Waals surface area (Å²) in [5, 5.41) is 8.88. The predicted octanol–water partition coefficient (Wildman–Crippen LogP) is 0.310. The molecule has 0 aliphatic carbocycles. The van der Waals surface area contributed by atoms with Crippen molar-refractivity contribution in [2.24, 2.45) is 5.41 Å². The molecule has 0 atom stereocenters. The van der Waals surface area contributed by atoms with Crippen LogP contribution in [0.4, 0.5) is 0 Å². The molecule has 0 radical (unpaired) electrons. The summed E-state index contributed by atoms with van der Waals surface area (Å²) in [6.45, 7) is 8.00. The van der Waals surface area contributed by atoms with Gasteiger partial charge in [-0.2, -0.15) is 5.26 Å². The van der Waals surface area contributed by atoms with E-state index in [0.29, 0.717) is 0 Å². The Labute approximate surface area is 85.1 Å². The summed E-state index contributed by atoms with van der Waals surface area (Å²) in [4.78, 5) is 14.5. The van der Waals surface area contributed by atoms with Crippen LogP contribution in [0.2, 0.25) is 0 Å². The van der Waals surface area contributed by atoms with E-state index < -0.39 is 0 Å². The van der Waals surface area contributed by atoms with Gasteiger partial charge in [0.2, 0.25) is 6.41 Å². The van der Waals surface area contributed by atoms with Crippen LogP contribution in [0.3, 0.4) is 0 Å². The minimum atomic E-state index is -0.288. The fourth-order valence-electron chi connectivity index (χ4n) is 1.62. The van der Waals surface area contributed by atoms with E-state index in [-0.39, 0.29) is 5.41 Å². The van der Waals surface area contributed by atoms with Crippen molar-refractivity contribution in [3.8, 4) is 6.07 Å². The van der Waals surface area contributed by atoms with E-state index in [2.05, 4.69) is 11.0 Å². The summed E-state index contributed by atoms with van der Waals surface area (Å²) >= 11 is 0. The van der Waals surface area contributed by atoms with E-state index in [1.54, 1.807) is 4.90 Å². The summed E-state index contributed by atoms with van der Waals surface area (Å²) in [7, 11) is 0. The smallest absolute Gasteiger partial charge is 0.209 e. The first-order chi connectivity index (χ1) is 6.57. The fraction of sp³-hybridized carbons (Fsp3) is 0.800. The van der Waals surface area contributed by atoms with Gasteiger partial charge in [-0.1, -0.05) is 0 Å². The zero-order valence-electron chi connectivity index (χ0n) is 8.86. The van der Waals surface area contributed by atoms with Gasteiger partial charge in [0, 0.05) is 32.7 Å². The van der Waals surface area contributed by atoms with E-state index in [9.17, 15) is 4.79 Å². The highest BCUT2D eigenvalue weighted by molar-refractivity contribution is 5.47. The Morgan fingerprint density at radius 2 is 1.93 bits per heavy atom. The van der Waals surface area contributed by atoms with Crippen LogP contribution in [0.1, 0.15) is 13.8 Å². The molecule has 1 heterocycles. The normalized spacial score (nSPS) is 19.1. The number of hydrogen-bond donors (Lipinski definition) is 0. The second kappa shape index (κ2) is 4.43. The van der Waals surface area contributed by atoms with Gasteiger partial charge >= 0.3 is 0 Å². The van der Waals surface area contributed by atoms with Gasteiger partial charge in [0.1, 0.15) is 0 Å². The summed E-state index contributed by atoms with van der Waals surface area (Å²) in [6, 6.07) is 2.29. The molecule has 14 heavy (non-hydrogen) atoms. The van der Waals surface area contributed by atoms with E-state index >= 15 is 0 Å². The maximum atomic E-state index is 10.5. The Morgan fingerprint density at radius 1 is 1.36 bits per heavy atom. The molecule has 0 aromatic rings. The van der Waals surface area contributed by atoms with Crippen LogP contribution in [0, 0.1) is 16.7 Å². The molecule has 1 saturated heterocycles. The van der Waals surface area contributed by atoms with E-state index in [1.807, 2.05) is 13.8 Å². The minimum Gasteiger partial charge on any atom is -0.343 e. The van der Waals surface area contributed by atoms with Crippen molar-refractivity contribution in [2.45, 2.75) is 13.8 Å². The Hall–Kier alpha value is -1.08. The SMILES string of the molecule is CC(C)(C#N)CN1CCN(C=O)CC1. The average molecular weight is 195 g/mol. The monoisotopic (exact) mass is 195 g/mol. The number of carbonyl (C=O) groups excluding carboxylic acids is 1. The van der Waals surface area contributed by atoms with Gasteiger partial charge in [0.25, 0.3) is 0 Å². The molecule has 0 spiro atoms. The number of amides is 1. The quantitative estimate of drug-likeness (QED) is 0.609. The van der Waals surface area contributed by atoms with Gasteiger partial charge < -0.3 is 4.90 Å². The van der Waals surface area contributed by atoms with Crippen LogP contribution in [0.15, 0.2) is 0 Å². The van der Waals surface area contributed by atoms with Crippen molar-refractivity contribution in [3.63, 3.8) is 0 Å². The number of hydrogen-bond acceptors (Lipinski definition) is 3. The third-order valence-corrected chi connectivity index (χ3v) is 2.48. The number of carbonyl (C=O) groups is 1. The zero-order chi connectivity index (χ0) is 10.6. The van der Waals surface area contributed by atoms with Crippen molar-refractivity contribution in [1.29, 1.82) is 5.26 Å². The summed E-state index contributed by atoms with van der Waals surface area (Å²) in [5.41, 5.74) is -0.288. The van der Waals surface area contributed by atoms with Gasteiger partial charge in [-0.05, 0) is 13.8 Å². The molecule has 0 N–H and O–H groups in total. The van der Waals surface area contributed by atoms with Gasteiger partial charge in [-0.3, -0.25) is 9.69 Å². The Kier molecular flexibility index (Phi) is 3.48. The van der Waals surface area contributed by atoms with Crippen molar-refractivity contribution < 1.29 is 4.79 Å². The Bertz CT molecular complexity index is 236. The highest BCUT2D eigenvalue weighted by Gasteiger charge is 2.23. The molecule has 1 fully saturated rings. The van der Waals surface area contributed by atoms with Gasteiger partial charge in [0.05, 0.1) is 11.5 Å². The van der Waals surface area contributed by atoms with E-state index in [0.717, 1.165) is 39.1 Å². The highest BCUT2D eigenvalue weighted by Crippen LogP contribution is 2.16. The van der Waals surface area contributed by atoms with Crippen molar-refractivity contribution in [1.82, 2.24) is 9.80 Å². The number of nitrogens with zero attached hydrogens (tertiary/aromatic N) is 3. The molecule has 1 aliphatic rings. The van der Waals surface area contributed by atoms with Gasteiger partial charge in [-0.25, -0.2) is 0 Å². The first-order valence-corrected chi connectivity index (χ1v) is 4.90. The van der Waals surface area contributed by atoms with Crippen LogP contribution in [0.5, 0.6) is 0 Å². The molecule has 4 nitrogen and oxygen atoms in total. The predicted molar refractivity (Wildman–Crippen MR) is 53.5 cm³/mol. The molecular formula is C10H17N3O. The van der Waals surface area contributed by atoms with Crippen LogP contribution in [-0.4, -0.2) is 48.9 Å². The minimum absolute atomic E-state index is 0.288. The molecule has 1 aliphatic heterocycles. The first kappa shape index (κ1) is 11.0. The first-order valence-electron chi connectivity index (χ1n) is 4.90. The lowest BCUT2D eigenvalue weighted by Crippen LogP contribution is -2.48. The second-order valence-electron chi connectivity index (χ2n) is 4.41. The molecule has 0 saturated carbocycles. The largest absolute Gasteiger partial charge is 0.343 e. The van der Waals surface area contributed by atoms with Crippen molar-refractivity contribution in [2.75, 3.05) is 32.7 Å². The van der Waals surface area contributed by atoms with Crippen LogP contribution in [-0.2, 0) is 4.79 Å². The molecule has 0 bridgehead atoms. The second-order valence-corrected chi connectivity index (χ2v) is 4.41. The van der Waals surface area contributed by atoms with Gasteiger partial charge in [0.15, 0.2) is 0 Å². The standard InChI is InChI=1S/C10H17N3O/c1-10(2,7-11)8-12-3-5-13(9-14)6-4-12/h9H,3-6,8H2,1-2H3. The Morgan fingerprint density at radius 3 is 2.36 bits per heavy atom. The average Bonchev–Trinajstić information content (AvgIpc) is 2.19. The molecular weight excluding hydrogens is 178 g/mol. The molecule has 0 aromatic carbocycles.